The van der Waals surface area contributed by atoms with Gasteiger partial charge in [-0.25, -0.2) is 0 Å². The third-order valence-electron chi connectivity index (χ3n) is 16.3. The van der Waals surface area contributed by atoms with Crippen molar-refractivity contribution in [2.75, 3.05) is 47.5 Å². The van der Waals surface area contributed by atoms with E-state index in [0.29, 0.717) is 17.4 Å². The van der Waals surface area contributed by atoms with Crippen molar-refractivity contribution in [1.82, 2.24) is 0 Å². The standard InChI is InChI=1S/C75H140NO8P/c1-6-8-10-12-14-16-18-20-22-24-26-28-29-30-31-32-33-34-35-36-37-38-39-40-41-42-43-44-45-46-48-49-51-53-55-57-59-61-63-65-67-74(77)81-71-73(72-83-85(79,80)82-70-69-76(3,4)5)84-75(78)68-66-64-62-60-58-56-54-52-50-47-27-25-23-21-19-17-15-13-11-9-7-2/h9,11,15,17,21,23,27,47,52,54,73H,6-8,10,12-14,16,18-20,22,24-26,28-46,48-51,53,55-72H2,1-5H3/b11-9-,17-15-,23-21-,47-27-,54-52-. The molecule has 0 rings (SSSR count). The number of unbranched alkanes of at least 4 members (excludes halogenated alkanes) is 44. The van der Waals surface area contributed by atoms with Crippen LogP contribution in [0.4, 0.5) is 0 Å². The number of phosphoric acid groups is 1. The Labute approximate surface area is 527 Å². The number of nitrogens with zero attached hydrogens (tertiary/aromatic N) is 1. The quantitative estimate of drug-likeness (QED) is 0.0195. The minimum atomic E-state index is -4.65. The molecule has 0 saturated carbocycles. The van der Waals surface area contributed by atoms with E-state index in [0.717, 1.165) is 83.5 Å². The van der Waals surface area contributed by atoms with Crippen molar-refractivity contribution in [2.45, 2.75) is 360 Å². The van der Waals surface area contributed by atoms with Crippen molar-refractivity contribution in [3.63, 3.8) is 0 Å². The third kappa shape index (κ3) is 70.7. The minimum absolute atomic E-state index is 0.0359. The maximum absolute atomic E-state index is 12.8. The number of ether oxygens (including phenoxy) is 2. The van der Waals surface area contributed by atoms with Gasteiger partial charge in [-0.1, -0.05) is 344 Å². The molecule has 0 aromatic rings. The molecular formula is C75H140NO8P. The largest absolute Gasteiger partial charge is 0.756 e. The lowest BCUT2D eigenvalue weighted by Gasteiger charge is -2.28. The summed E-state index contributed by atoms with van der Waals surface area (Å²) in [5, 5.41) is 0. The molecule has 0 amide bonds. The summed E-state index contributed by atoms with van der Waals surface area (Å²) in [6.07, 6.45) is 87.7. The molecule has 0 heterocycles. The molecule has 0 aliphatic heterocycles. The van der Waals surface area contributed by atoms with Crippen LogP contribution in [0, 0.1) is 0 Å². The van der Waals surface area contributed by atoms with Gasteiger partial charge in [0.2, 0.25) is 0 Å². The van der Waals surface area contributed by atoms with E-state index in [1.54, 1.807) is 0 Å². The fourth-order valence-corrected chi connectivity index (χ4v) is 11.5. The van der Waals surface area contributed by atoms with Crippen molar-refractivity contribution in [3.05, 3.63) is 60.8 Å². The van der Waals surface area contributed by atoms with E-state index in [1.807, 2.05) is 21.1 Å². The summed E-state index contributed by atoms with van der Waals surface area (Å²) < 4.78 is 34.3. The number of hydrogen-bond donors (Lipinski definition) is 0. The summed E-state index contributed by atoms with van der Waals surface area (Å²) in [6.45, 7) is 4.15. The number of hydrogen-bond acceptors (Lipinski definition) is 8. The zero-order valence-corrected chi connectivity index (χ0v) is 57.7. The lowest BCUT2D eigenvalue weighted by molar-refractivity contribution is -0.870. The Hall–Kier alpha value is -2.29. The van der Waals surface area contributed by atoms with E-state index in [9.17, 15) is 19.0 Å². The molecule has 0 aliphatic carbocycles. The first kappa shape index (κ1) is 82.7. The Morgan fingerprint density at radius 1 is 0.376 bits per heavy atom. The Morgan fingerprint density at radius 2 is 0.671 bits per heavy atom. The van der Waals surface area contributed by atoms with Gasteiger partial charge in [0, 0.05) is 12.8 Å². The molecule has 0 aromatic heterocycles. The van der Waals surface area contributed by atoms with Crippen molar-refractivity contribution in [3.8, 4) is 0 Å². The number of allylic oxidation sites excluding steroid dienone is 10. The second kappa shape index (κ2) is 66.1. The first-order valence-electron chi connectivity index (χ1n) is 36.5. The molecule has 10 heteroatoms. The average Bonchev–Trinajstić information content (AvgIpc) is 3.49. The van der Waals surface area contributed by atoms with Crippen LogP contribution in [0.25, 0.3) is 0 Å². The molecule has 498 valence electrons. The Kier molecular flexibility index (Phi) is 64.4. The number of phosphoric ester groups is 1. The van der Waals surface area contributed by atoms with Gasteiger partial charge in [-0.15, -0.1) is 0 Å². The molecule has 0 radical (unpaired) electrons. The zero-order valence-electron chi connectivity index (χ0n) is 56.8. The van der Waals surface area contributed by atoms with Crippen LogP contribution < -0.4 is 4.89 Å². The van der Waals surface area contributed by atoms with E-state index < -0.39 is 26.5 Å². The van der Waals surface area contributed by atoms with Crippen LogP contribution in [0.15, 0.2) is 60.8 Å². The molecule has 2 unspecified atom stereocenters. The summed E-state index contributed by atoms with van der Waals surface area (Å²) in [6, 6.07) is 0. The van der Waals surface area contributed by atoms with Gasteiger partial charge < -0.3 is 27.9 Å². The number of esters is 2. The molecule has 2 atom stereocenters. The van der Waals surface area contributed by atoms with E-state index in [1.165, 1.54) is 238 Å². The van der Waals surface area contributed by atoms with Gasteiger partial charge in [-0.05, 0) is 57.8 Å². The highest BCUT2D eigenvalue weighted by molar-refractivity contribution is 7.45. The highest BCUT2D eigenvalue weighted by atomic mass is 31.2. The number of quaternary nitrogens is 1. The molecule has 0 bridgehead atoms. The fraction of sp³-hybridized carbons (Fsp3) is 0.840. The number of rotatable bonds is 68. The summed E-state index contributed by atoms with van der Waals surface area (Å²) in [4.78, 5) is 38.0. The average molecular weight is 1210 g/mol. The highest BCUT2D eigenvalue weighted by Crippen LogP contribution is 2.38. The smallest absolute Gasteiger partial charge is 0.306 e. The predicted molar refractivity (Wildman–Crippen MR) is 365 cm³/mol. The Morgan fingerprint density at radius 3 is 1.00 bits per heavy atom. The minimum Gasteiger partial charge on any atom is -0.756 e. The molecule has 0 aromatic carbocycles. The zero-order chi connectivity index (χ0) is 61.9. The molecule has 0 spiro atoms. The fourth-order valence-electron chi connectivity index (χ4n) is 10.7. The van der Waals surface area contributed by atoms with E-state index >= 15 is 0 Å². The van der Waals surface area contributed by atoms with Crippen molar-refractivity contribution < 1.29 is 42.1 Å². The third-order valence-corrected chi connectivity index (χ3v) is 17.3. The molecule has 0 N–H and O–H groups in total. The summed E-state index contributed by atoms with van der Waals surface area (Å²) in [7, 11) is 1.16. The van der Waals surface area contributed by atoms with Crippen molar-refractivity contribution >= 4 is 19.8 Å². The lowest BCUT2D eigenvalue weighted by Crippen LogP contribution is -2.37. The van der Waals surface area contributed by atoms with E-state index in [4.69, 9.17) is 18.5 Å². The van der Waals surface area contributed by atoms with Crippen molar-refractivity contribution in [1.29, 1.82) is 0 Å². The van der Waals surface area contributed by atoms with Crippen LogP contribution >= 0.6 is 7.82 Å². The maximum atomic E-state index is 12.8. The first-order valence-corrected chi connectivity index (χ1v) is 38.0. The van der Waals surface area contributed by atoms with Gasteiger partial charge in [-0.2, -0.15) is 0 Å². The normalized spacial score (nSPS) is 13.4. The maximum Gasteiger partial charge on any atom is 0.306 e. The monoisotopic (exact) mass is 1210 g/mol. The number of carbonyl (C=O) groups is 2. The summed E-state index contributed by atoms with van der Waals surface area (Å²) in [5.74, 6) is -0.843. The van der Waals surface area contributed by atoms with Gasteiger partial charge >= 0.3 is 11.9 Å². The van der Waals surface area contributed by atoms with Crippen LogP contribution in [-0.2, 0) is 32.7 Å². The van der Waals surface area contributed by atoms with Crippen LogP contribution in [0.5, 0.6) is 0 Å². The van der Waals surface area contributed by atoms with Crippen LogP contribution in [0.3, 0.4) is 0 Å². The lowest BCUT2D eigenvalue weighted by atomic mass is 10.0. The summed E-state index contributed by atoms with van der Waals surface area (Å²) >= 11 is 0. The molecule has 85 heavy (non-hydrogen) atoms. The van der Waals surface area contributed by atoms with Gasteiger partial charge in [0.1, 0.15) is 19.8 Å². The van der Waals surface area contributed by atoms with Crippen LogP contribution in [-0.4, -0.2) is 70.0 Å². The molecule has 0 fully saturated rings. The number of carbonyl (C=O) groups excluding carboxylic acids is 2. The molecule has 0 saturated heterocycles. The van der Waals surface area contributed by atoms with Crippen LogP contribution in [0.2, 0.25) is 0 Å². The van der Waals surface area contributed by atoms with Crippen LogP contribution in [0.1, 0.15) is 354 Å². The molecule has 9 nitrogen and oxygen atoms in total. The van der Waals surface area contributed by atoms with Gasteiger partial charge in [0.15, 0.2) is 6.10 Å². The van der Waals surface area contributed by atoms with Gasteiger partial charge in [0.05, 0.1) is 27.7 Å². The van der Waals surface area contributed by atoms with Crippen molar-refractivity contribution in [2.24, 2.45) is 0 Å². The van der Waals surface area contributed by atoms with E-state index in [-0.39, 0.29) is 32.0 Å². The second-order valence-electron chi connectivity index (χ2n) is 25.9. The van der Waals surface area contributed by atoms with E-state index in [2.05, 4.69) is 74.6 Å². The predicted octanol–water partition coefficient (Wildman–Crippen LogP) is 23.1. The highest BCUT2D eigenvalue weighted by Gasteiger charge is 2.22. The molecular weight excluding hydrogens is 1070 g/mol. The topological polar surface area (TPSA) is 111 Å². The summed E-state index contributed by atoms with van der Waals surface area (Å²) in [5.41, 5.74) is 0. The Balaban J connectivity index is 3.90. The van der Waals surface area contributed by atoms with Gasteiger partial charge in [-0.3, -0.25) is 14.2 Å². The first-order chi connectivity index (χ1) is 41.5. The van der Waals surface area contributed by atoms with Gasteiger partial charge in [0.25, 0.3) is 7.82 Å². The Bertz CT molecular complexity index is 1620. The second-order valence-corrected chi connectivity index (χ2v) is 27.3. The SMILES string of the molecule is CC/C=C\C/C=C\C/C=C\C/C=C\C/C=C\CCCCCCCC(=O)OC(COC(=O)CCCCCCCCCCCCCCCCCCCCCCCCCCCCCCCCCCCCCCCCCC)COP(=O)([O-])OCC[N+](C)(C)C. The number of likely N-dealkylation sites (N-methyl/N-ethyl adjacent to an activating group) is 1. The molecule has 0 aliphatic rings.